The number of β-amino-alcohol motifs (C(OH)–C–C–N with tert-alkyl or cyclic N) is 1. The first kappa shape index (κ1) is 26.6. The van der Waals surface area contributed by atoms with Crippen LogP contribution in [-0.2, 0) is 20.9 Å². The van der Waals surface area contributed by atoms with Gasteiger partial charge in [0.1, 0.15) is 27.0 Å². The van der Waals surface area contributed by atoms with E-state index >= 15 is 0 Å². The molecule has 1 fully saturated rings. The quantitative estimate of drug-likeness (QED) is 0.383. The van der Waals surface area contributed by atoms with Gasteiger partial charge in [-0.2, -0.15) is 5.26 Å². The molecule has 1 saturated heterocycles. The van der Waals surface area contributed by atoms with Crippen LogP contribution in [-0.4, -0.2) is 66.6 Å². The summed E-state index contributed by atoms with van der Waals surface area (Å²) in [7, 11) is 0. The average molecular weight is 577 g/mol. The Morgan fingerprint density at radius 3 is 2.46 bits per heavy atom. The summed E-state index contributed by atoms with van der Waals surface area (Å²) in [5.74, 6) is -3.28. The van der Waals surface area contributed by atoms with E-state index in [9.17, 15) is 34.7 Å². The van der Waals surface area contributed by atoms with E-state index in [0.29, 0.717) is 10.6 Å². The number of hydrogen-bond acceptors (Lipinski definition) is 11. The largest absolute Gasteiger partial charge is 0.480 e. The minimum absolute atomic E-state index is 0.00530. The number of thioether (sulfide) groups is 2. The molecule has 0 bridgehead atoms. The van der Waals surface area contributed by atoms with Crippen LogP contribution in [0.1, 0.15) is 5.56 Å². The third-order valence-electron chi connectivity index (χ3n) is 5.10. The van der Waals surface area contributed by atoms with Crippen molar-refractivity contribution in [2.45, 2.75) is 11.4 Å². The number of aliphatic hydroxyl groups excluding tert-OH is 1. The molecule has 3 N–H and O–H groups in total. The van der Waals surface area contributed by atoms with Gasteiger partial charge in [0, 0.05) is 11.4 Å². The van der Waals surface area contributed by atoms with Gasteiger partial charge in [-0.15, -0.1) is 11.3 Å². The van der Waals surface area contributed by atoms with Crippen LogP contribution in [0.3, 0.4) is 0 Å². The van der Waals surface area contributed by atoms with Crippen LogP contribution in [0, 0.1) is 11.3 Å². The number of aromatic nitrogens is 1. The van der Waals surface area contributed by atoms with E-state index in [1.165, 1.54) is 17.8 Å². The summed E-state index contributed by atoms with van der Waals surface area (Å²) in [4.78, 5) is 52.1. The van der Waals surface area contributed by atoms with Crippen molar-refractivity contribution < 1.29 is 29.7 Å². The third-order valence-corrected chi connectivity index (χ3v) is 8.94. The number of allylic oxidation sites excluding steroid dienone is 1. The molecule has 2 aliphatic heterocycles. The van der Waals surface area contributed by atoms with E-state index in [1.807, 2.05) is 0 Å². The highest BCUT2D eigenvalue weighted by atomic mass is 32.2. The third kappa shape index (κ3) is 5.33. The van der Waals surface area contributed by atoms with Crippen molar-refractivity contribution in [2.24, 2.45) is 0 Å². The number of nitrogens with zero attached hydrogens (tertiary/aromatic N) is 4. The van der Waals surface area contributed by atoms with Crippen molar-refractivity contribution in [3.63, 3.8) is 0 Å². The fraction of sp³-hybridized carbons (Fsp3) is 0.182. The number of rotatable bonds is 7. The number of anilines is 1. The molecule has 1 amide bonds. The summed E-state index contributed by atoms with van der Waals surface area (Å²) in [5, 5.41) is 37.8. The van der Waals surface area contributed by atoms with Crippen molar-refractivity contribution in [2.75, 3.05) is 24.6 Å². The van der Waals surface area contributed by atoms with Crippen LogP contribution < -0.4 is 19.7 Å². The van der Waals surface area contributed by atoms with Crippen LogP contribution >= 0.6 is 47.1 Å². The number of amides is 1. The molecule has 0 saturated carbocycles. The first-order valence-corrected chi connectivity index (χ1v) is 13.2. The molecule has 2 aromatic rings. The Morgan fingerprint density at radius 1 is 1.08 bits per heavy atom. The lowest BCUT2D eigenvalue weighted by molar-refractivity contribution is -0.140. The molecule has 11 nitrogen and oxygen atoms in total. The van der Waals surface area contributed by atoms with Crippen LogP contribution in [0.4, 0.5) is 5.69 Å². The molecule has 0 radical (unpaired) electrons. The minimum Gasteiger partial charge on any atom is -0.480 e. The first-order chi connectivity index (χ1) is 17.6. The number of carbonyl (C=O) groups excluding carboxylic acids is 1. The van der Waals surface area contributed by atoms with E-state index in [2.05, 4.69) is 6.07 Å². The van der Waals surface area contributed by atoms with E-state index in [4.69, 9.17) is 17.3 Å². The highest BCUT2D eigenvalue weighted by Gasteiger charge is 2.35. The second-order valence-electron chi connectivity index (χ2n) is 7.48. The molecule has 190 valence electrons. The van der Waals surface area contributed by atoms with Crippen molar-refractivity contribution in [3.8, 4) is 6.07 Å². The fourth-order valence-electron chi connectivity index (χ4n) is 3.55. The Labute approximate surface area is 226 Å². The predicted octanol–water partition coefficient (Wildman–Crippen LogP) is 0.146. The number of carboxylic acid groups (broad SMARTS) is 2. The Morgan fingerprint density at radius 2 is 1.81 bits per heavy atom. The zero-order valence-corrected chi connectivity index (χ0v) is 21.9. The molecular formula is C22H16N4O7S4. The van der Waals surface area contributed by atoms with Gasteiger partial charge in [0.25, 0.3) is 11.5 Å². The zero-order valence-electron chi connectivity index (χ0n) is 18.6. The number of aliphatic carboxylic acids is 2. The van der Waals surface area contributed by atoms with Gasteiger partial charge >= 0.3 is 11.9 Å². The molecule has 37 heavy (non-hydrogen) atoms. The smallest absolute Gasteiger partial charge is 0.323 e. The van der Waals surface area contributed by atoms with E-state index < -0.39 is 36.5 Å². The van der Waals surface area contributed by atoms with Crippen LogP contribution in [0.25, 0.3) is 11.0 Å². The SMILES string of the molecule is N#Cc1ccc2c(c1)N(CCO)/C(=C/C=c1/s/c(=C3\SC(=S)N(CC(=O)O)C3=O)n(CC(=O)O)c1=O)S2. The lowest BCUT2D eigenvalue weighted by Gasteiger charge is -2.18. The highest BCUT2D eigenvalue weighted by Crippen LogP contribution is 2.46. The van der Waals surface area contributed by atoms with Crippen molar-refractivity contribution in [3.05, 3.63) is 54.4 Å². The summed E-state index contributed by atoms with van der Waals surface area (Å²) in [6.07, 6.45) is 3.14. The monoisotopic (exact) mass is 576 g/mol. The number of aliphatic hydroxyl groups is 1. The second kappa shape index (κ2) is 10.9. The summed E-state index contributed by atoms with van der Waals surface area (Å²) in [6, 6.07) is 7.25. The van der Waals surface area contributed by atoms with Gasteiger partial charge in [-0.05, 0) is 30.4 Å². The van der Waals surface area contributed by atoms with Crippen molar-refractivity contribution in [1.29, 1.82) is 5.26 Å². The first-order valence-electron chi connectivity index (χ1n) is 10.4. The molecule has 0 aliphatic carbocycles. The highest BCUT2D eigenvalue weighted by molar-refractivity contribution is 8.30. The van der Waals surface area contributed by atoms with Gasteiger partial charge < -0.3 is 20.2 Å². The molecule has 1 aromatic carbocycles. The number of hydrogen-bond donors (Lipinski definition) is 3. The van der Waals surface area contributed by atoms with Gasteiger partial charge in [0.05, 0.1) is 33.5 Å². The molecule has 1 aromatic heterocycles. The lowest BCUT2D eigenvalue weighted by Crippen LogP contribution is -2.36. The average Bonchev–Trinajstić information content (AvgIpc) is 3.44. The van der Waals surface area contributed by atoms with Crippen molar-refractivity contribution >= 4 is 85.9 Å². The number of carboxylic acids is 2. The number of thiazole rings is 1. The summed E-state index contributed by atoms with van der Waals surface area (Å²) < 4.78 is 1.15. The Bertz CT molecular complexity index is 1600. The van der Waals surface area contributed by atoms with E-state index in [0.717, 1.165) is 43.1 Å². The standard InChI is InChI=1S/C22H16N4O7S4/c23-8-11-1-2-13-12(7-11)24(5-6-27)15(35-13)4-3-14-19(32)25(9-16(28)29)21(36-14)18-20(33)26(10-17(30)31)22(34)37-18/h1-4,7,27H,5-6,9-10H2,(H,28,29)(H,30,31)/b14-3+,15-4-,21-18-. The molecule has 0 unspecified atom stereocenters. The molecule has 0 atom stereocenters. The number of benzene rings is 1. The summed E-state index contributed by atoms with van der Waals surface area (Å²) in [5.41, 5.74) is 0.560. The molecular weight excluding hydrogens is 561 g/mol. The van der Waals surface area contributed by atoms with Crippen molar-refractivity contribution in [1.82, 2.24) is 9.47 Å². The summed E-state index contributed by atoms with van der Waals surface area (Å²) in [6.45, 7) is -1.27. The molecule has 4 rings (SSSR count). The number of thiocarbonyl (C=S) groups is 1. The molecule has 2 aliphatic rings. The van der Waals surface area contributed by atoms with E-state index in [-0.39, 0.29) is 31.6 Å². The summed E-state index contributed by atoms with van der Waals surface area (Å²) >= 11 is 8.20. The lowest BCUT2D eigenvalue weighted by atomic mass is 10.2. The van der Waals surface area contributed by atoms with Gasteiger partial charge in [0.2, 0.25) is 0 Å². The van der Waals surface area contributed by atoms with Gasteiger partial charge in [-0.3, -0.25) is 28.6 Å². The van der Waals surface area contributed by atoms with Gasteiger partial charge in [-0.1, -0.05) is 35.7 Å². The topological polar surface area (TPSA) is 164 Å². The minimum atomic E-state index is -1.30. The maximum atomic E-state index is 13.1. The number of fused-ring (bicyclic) bond motifs is 1. The van der Waals surface area contributed by atoms with Gasteiger partial charge in [0.15, 0.2) is 0 Å². The zero-order chi connectivity index (χ0) is 26.9. The Hall–Kier alpha value is -3.42. The predicted molar refractivity (Wildman–Crippen MR) is 142 cm³/mol. The number of carbonyl (C=O) groups is 3. The van der Waals surface area contributed by atoms with Gasteiger partial charge in [-0.25, -0.2) is 0 Å². The van der Waals surface area contributed by atoms with Crippen LogP contribution in [0.2, 0.25) is 0 Å². The van der Waals surface area contributed by atoms with Crippen LogP contribution in [0.15, 0.2) is 39.0 Å². The fourth-order valence-corrected chi connectivity index (χ4v) is 7.08. The Balaban J connectivity index is 1.83. The van der Waals surface area contributed by atoms with Crippen LogP contribution in [0.5, 0.6) is 0 Å². The number of nitriles is 1. The molecule has 15 heteroatoms. The maximum Gasteiger partial charge on any atom is 0.323 e. The maximum absolute atomic E-state index is 13.1. The molecule has 3 heterocycles. The Kier molecular flexibility index (Phi) is 7.85. The van der Waals surface area contributed by atoms with E-state index in [1.54, 1.807) is 29.2 Å². The second-order valence-corrected chi connectivity index (χ2v) is 11.2. The normalized spacial score (nSPS) is 18.1. The molecule has 0 spiro atoms.